The third-order valence-electron chi connectivity index (χ3n) is 4.81. The summed E-state index contributed by atoms with van der Waals surface area (Å²) in [6.07, 6.45) is 1.55. The highest BCUT2D eigenvalue weighted by molar-refractivity contribution is 7.99. The van der Waals surface area contributed by atoms with Crippen LogP contribution < -0.4 is 15.0 Å². The summed E-state index contributed by atoms with van der Waals surface area (Å²) in [5, 5.41) is 1.38. The first-order valence-electron chi connectivity index (χ1n) is 9.36. The Bertz CT molecular complexity index is 1330. The number of halogens is 1. The second-order valence-electron chi connectivity index (χ2n) is 6.81. The molecule has 9 heteroatoms. The van der Waals surface area contributed by atoms with Crippen molar-refractivity contribution in [3.8, 4) is 11.5 Å². The van der Waals surface area contributed by atoms with Gasteiger partial charge in [0, 0.05) is 16.7 Å². The normalized spacial score (nSPS) is 12.4. The van der Waals surface area contributed by atoms with Gasteiger partial charge >= 0.3 is 0 Å². The van der Waals surface area contributed by atoms with Gasteiger partial charge in [-0.15, -0.1) is 0 Å². The van der Waals surface area contributed by atoms with E-state index in [1.54, 1.807) is 54.8 Å². The Balaban J connectivity index is 1.53. The molecule has 3 heterocycles. The lowest BCUT2D eigenvalue weighted by Crippen LogP contribution is -2.24. The lowest BCUT2D eigenvalue weighted by Gasteiger charge is -2.12. The fourth-order valence-corrected chi connectivity index (χ4v) is 4.27. The number of Topliss-reactive ketones (excluding diaryl/α,β-unsaturated/α-hetero) is 1. The smallest absolute Gasteiger partial charge is 0.262 e. The van der Waals surface area contributed by atoms with Gasteiger partial charge < -0.3 is 13.9 Å². The fraction of sp³-hybridized carbons (Fsp3) is 0.136. The molecule has 1 aliphatic rings. The highest BCUT2D eigenvalue weighted by Crippen LogP contribution is 2.35. The van der Waals surface area contributed by atoms with E-state index in [4.69, 9.17) is 25.5 Å². The standard InChI is InChI=1S/C22H15ClN2O5S/c23-14-5-3-13(4-6-14)18(26)11-31-22-24-17-9-20-19(29-12-30-20)8-16(17)21(27)25(22)10-15-2-1-7-28-15/h1-9H,10-12H2. The highest BCUT2D eigenvalue weighted by Gasteiger charge is 2.20. The molecule has 4 aromatic rings. The number of ether oxygens (including phenoxy) is 2. The predicted molar refractivity (Wildman–Crippen MR) is 116 cm³/mol. The monoisotopic (exact) mass is 454 g/mol. The van der Waals surface area contributed by atoms with Gasteiger partial charge in [-0.3, -0.25) is 14.2 Å². The van der Waals surface area contributed by atoms with Crippen molar-refractivity contribution < 1.29 is 18.7 Å². The van der Waals surface area contributed by atoms with Gasteiger partial charge in [-0.1, -0.05) is 23.4 Å². The molecule has 0 N–H and O–H groups in total. The molecule has 0 saturated carbocycles. The number of benzene rings is 2. The summed E-state index contributed by atoms with van der Waals surface area (Å²) in [6, 6.07) is 13.5. The van der Waals surface area contributed by atoms with Gasteiger partial charge in [-0.25, -0.2) is 4.98 Å². The minimum absolute atomic E-state index is 0.0914. The first-order chi connectivity index (χ1) is 15.1. The van der Waals surface area contributed by atoms with Crippen molar-refractivity contribution in [3.63, 3.8) is 0 Å². The van der Waals surface area contributed by atoms with Gasteiger partial charge in [0.1, 0.15) is 5.76 Å². The summed E-state index contributed by atoms with van der Waals surface area (Å²) in [6.45, 7) is 0.296. The molecular weight excluding hydrogens is 440 g/mol. The van der Waals surface area contributed by atoms with Gasteiger partial charge in [-0.05, 0) is 42.5 Å². The maximum Gasteiger partial charge on any atom is 0.262 e. The third kappa shape index (κ3) is 3.92. The van der Waals surface area contributed by atoms with E-state index in [2.05, 4.69) is 4.98 Å². The number of rotatable bonds is 6. The molecule has 5 rings (SSSR count). The predicted octanol–water partition coefficient (Wildman–Crippen LogP) is 4.39. The van der Waals surface area contributed by atoms with Crippen LogP contribution in [-0.4, -0.2) is 27.9 Å². The molecule has 0 aliphatic carbocycles. The summed E-state index contributed by atoms with van der Waals surface area (Å²) in [4.78, 5) is 30.6. The average Bonchev–Trinajstić information content (AvgIpc) is 3.45. The number of carbonyl (C=O) groups excluding carboxylic acids is 1. The van der Waals surface area contributed by atoms with Crippen LogP contribution in [0.2, 0.25) is 5.02 Å². The third-order valence-corrected chi connectivity index (χ3v) is 6.03. The van der Waals surface area contributed by atoms with Crippen LogP contribution in [0.25, 0.3) is 10.9 Å². The largest absolute Gasteiger partial charge is 0.467 e. The van der Waals surface area contributed by atoms with E-state index in [1.807, 2.05) is 0 Å². The first-order valence-corrected chi connectivity index (χ1v) is 10.7. The molecule has 0 spiro atoms. The van der Waals surface area contributed by atoms with Crippen molar-refractivity contribution in [2.24, 2.45) is 0 Å². The fourth-order valence-electron chi connectivity index (χ4n) is 3.25. The van der Waals surface area contributed by atoms with Crippen LogP contribution in [0.3, 0.4) is 0 Å². The summed E-state index contributed by atoms with van der Waals surface area (Å²) < 4.78 is 17.7. The number of furan rings is 1. The minimum Gasteiger partial charge on any atom is -0.467 e. The van der Waals surface area contributed by atoms with Crippen LogP contribution >= 0.6 is 23.4 Å². The second-order valence-corrected chi connectivity index (χ2v) is 8.19. The number of fused-ring (bicyclic) bond motifs is 2. The van der Waals surface area contributed by atoms with Crippen LogP contribution in [0.15, 0.2) is 69.2 Å². The van der Waals surface area contributed by atoms with Crippen LogP contribution in [0.4, 0.5) is 0 Å². The number of hydrogen-bond donors (Lipinski definition) is 0. The van der Waals surface area contributed by atoms with Gasteiger partial charge in [0.2, 0.25) is 6.79 Å². The van der Waals surface area contributed by atoms with Gasteiger partial charge in [0.05, 0.1) is 29.5 Å². The van der Waals surface area contributed by atoms with Crippen LogP contribution in [0, 0.1) is 0 Å². The number of aromatic nitrogens is 2. The molecule has 0 saturated heterocycles. The molecule has 2 aromatic carbocycles. The van der Waals surface area contributed by atoms with Gasteiger partial charge in [0.15, 0.2) is 22.4 Å². The number of nitrogens with zero attached hydrogens (tertiary/aromatic N) is 2. The average molecular weight is 455 g/mol. The van der Waals surface area contributed by atoms with Gasteiger partial charge in [-0.2, -0.15) is 0 Å². The summed E-state index contributed by atoms with van der Waals surface area (Å²) in [5.74, 6) is 1.68. The lowest BCUT2D eigenvalue weighted by molar-refractivity contribution is 0.102. The number of carbonyl (C=O) groups is 1. The maximum atomic E-state index is 13.3. The zero-order chi connectivity index (χ0) is 21.4. The lowest BCUT2D eigenvalue weighted by atomic mass is 10.1. The van der Waals surface area contributed by atoms with E-state index in [-0.39, 0.29) is 30.4 Å². The van der Waals surface area contributed by atoms with E-state index in [0.29, 0.717) is 43.9 Å². The zero-order valence-electron chi connectivity index (χ0n) is 16.0. The van der Waals surface area contributed by atoms with Crippen LogP contribution in [-0.2, 0) is 6.54 Å². The number of hydrogen-bond acceptors (Lipinski definition) is 7. The van der Waals surface area contributed by atoms with Crippen LogP contribution in [0.5, 0.6) is 11.5 Å². The zero-order valence-corrected chi connectivity index (χ0v) is 17.6. The molecular formula is C22H15ClN2O5S. The van der Waals surface area contributed by atoms with Gasteiger partial charge in [0.25, 0.3) is 5.56 Å². The van der Waals surface area contributed by atoms with E-state index < -0.39 is 0 Å². The quantitative estimate of drug-likeness (QED) is 0.242. The molecule has 2 aromatic heterocycles. The highest BCUT2D eigenvalue weighted by atomic mass is 35.5. The van der Waals surface area contributed by atoms with Crippen molar-refractivity contribution in [2.75, 3.05) is 12.5 Å². The maximum absolute atomic E-state index is 13.3. The Hall–Kier alpha value is -3.23. The number of thioether (sulfide) groups is 1. The molecule has 0 radical (unpaired) electrons. The van der Waals surface area contributed by atoms with Crippen LogP contribution in [0.1, 0.15) is 16.1 Å². The molecule has 1 aliphatic heterocycles. The summed E-state index contributed by atoms with van der Waals surface area (Å²) >= 11 is 7.09. The molecule has 0 bridgehead atoms. The molecule has 31 heavy (non-hydrogen) atoms. The Labute approximate surface area is 185 Å². The van der Waals surface area contributed by atoms with Crippen molar-refractivity contribution in [3.05, 3.63) is 81.5 Å². The van der Waals surface area contributed by atoms with E-state index in [0.717, 1.165) is 0 Å². The Kier molecular flexibility index (Phi) is 5.17. The number of ketones is 1. The topological polar surface area (TPSA) is 83.6 Å². The van der Waals surface area contributed by atoms with E-state index >= 15 is 0 Å². The second kappa shape index (κ2) is 8.13. The van der Waals surface area contributed by atoms with Crippen molar-refractivity contribution in [1.29, 1.82) is 0 Å². The Morgan fingerprint density at radius 1 is 1.13 bits per heavy atom. The molecule has 0 fully saturated rings. The molecule has 0 amide bonds. The Morgan fingerprint density at radius 2 is 1.90 bits per heavy atom. The van der Waals surface area contributed by atoms with Crippen molar-refractivity contribution >= 4 is 40.0 Å². The Morgan fingerprint density at radius 3 is 2.65 bits per heavy atom. The summed E-state index contributed by atoms with van der Waals surface area (Å²) in [7, 11) is 0. The molecule has 0 atom stereocenters. The molecule has 7 nitrogen and oxygen atoms in total. The molecule has 156 valence electrons. The first kappa shape index (κ1) is 19.7. The molecule has 0 unspecified atom stereocenters. The summed E-state index contributed by atoms with van der Waals surface area (Å²) in [5.41, 5.74) is 0.772. The SMILES string of the molecule is O=C(CSc1nc2cc3c(cc2c(=O)n1Cc1ccco1)OCO3)c1ccc(Cl)cc1. The minimum atomic E-state index is -0.249. The van der Waals surface area contributed by atoms with Crippen molar-refractivity contribution in [1.82, 2.24) is 9.55 Å². The van der Waals surface area contributed by atoms with Crippen molar-refractivity contribution in [2.45, 2.75) is 11.7 Å². The van der Waals surface area contributed by atoms with E-state index in [1.165, 1.54) is 16.3 Å². The van der Waals surface area contributed by atoms with E-state index in [9.17, 15) is 9.59 Å².